The van der Waals surface area contributed by atoms with E-state index in [9.17, 15) is 0 Å². The summed E-state index contributed by atoms with van der Waals surface area (Å²) in [6.45, 7) is 0.724. The number of nitriles is 1. The van der Waals surface area contributed by atoms with Gasteiger partial charge >= 0.3 is 0 Å². The normalized spacial score (nSPS) is 9.94. The highest BCUT2D eigenvalue weighted by Gasteiger charge is 2.02. The summed E-state index contributed by atoms with van der Waals surface area (Å²) in [5, 5.41) is 13.9. The third kappa shape index (κ3) is 3.32. The van der Waals surface area contributed by atoms with Gasteiger partial charge in [0.2, 0.25) is 0 Å². The molecule has 0 aliphatic rings. The average Bonchev–Trinajstić information content (AvgIpc) is 2.78. The van der Waals surface area contributed by atoms with Gasteiger partial charge in [0, 0.05) is 31.4 Å². The van der Waals surface area contributed by atoms with Gasteiger partial charge in [-0.2, -0.15) is 5.26 Å². The fourth-order valence-electron chi connectivity index (χ4n) is 1.35. The molecule has 2 rings (SSSR count). The molecule has 86 valence electrons. The van der Waals surface area contributed by atoms with Gasteiger partial charge in [0.1, 0.15) is 6.07 Å². The van der Waals surface area contributed by atoms with Crippen molar-refractivity contribution in [1.29, 1.82) is 5.26 Å². The van der Waals surface area contributed by atoms with Crippen molar-refractivity contribution in [2.24, 2.45) is 0 Å². The van der Waals surface area contributed by atoms with E-state index in [0.717, 1.165) is 31.6 Å². The quantitative estimate of drug-likeness (QED) is 0.844. The Labute approximate surface area is 121 Å². The molecule has 2 aromatic rings. The maximum atomic E-state index is 8.74. The Hall–Kier alpha value is -0.830. The zero-order valence-electron chi connectivity index (χ0n) is 8.71. The van der Waals surface area contributed by atoms with E-state index in [4.69, 9.17) is 5.26 Å². The zero-order chi connectivity index (χ0) is 12.3. The van der Waals surface area contributed by atoms with Gasteiger partial charge in [0.15, 0.2) is 0 Å². The summed E-state index contributed by atoms with van der Waals surface area (Å²) in [5.41, 5.74) is 1.76. The second-order valence-corrected chi connectivity index (χ2v) is 6.16. The third-order valence-electron chi connectivity index (χ3n) is 2.16. The lowest BCUT2D eigenvalue weighted by molar-refractivity contribution is 1.18. The van der Waals surface area contributed by atoms with Gasteiger partial charge in [0.05, 0.1) is 5.56 Å². The smallest absolute Gasteiger partial charge is 0.100 e. The number of hydrogen-bond acceptors (Lipinski definition) is 3. The molecule has 0 spiro atoms. The molecule has 1 N–H and O–H groups in total. The van der Waals surface area contributed by atoms with Gasteiger partial charge in [-0.15, -0.1) is 11.3 Å². The van der Waals surface area contributed by atoms with Gasteiger partial charge < -0.3 is 5.32 Å². The van der Waals surface area contributed by atoms with E-state index in [-0.39, 0.29) is 0 Å². The van der Waals surface area contributed by atoms with Crippen LogP contribution in [0.1, 0.15) is 10.4 Å². The van der Waals surface area contributed by atoms with Crippen LogP contribution in [0.25, 0.3) is 0 Å². The highest BCUT2D eigenvalue weighted by atomic mass is 79.9. The first kappa shape index (κ1) is 12.6. The van der Waals surface area contributed by atoms with E-state index < -0.39 is 0 Å². The molecule has 0 saturated heterocycles. The standard InChI is InChI=1S/C12H8Br2N2S/c13-9-1-2-11(14)12(4-9)16-6-10-3-8(5-15)7-17-10/h1-4,7,16H,6H2. The van der Waals surface area contributed by atoms with Crippen LogP contribution >= 0.6 is 43.2 Å². The Bertz CT molecular complexity index is 572. The van der Waals surface area contributed by atoms with Gasteiger partial charge in [-0.3, -0.25) is 0 Å². The summed E-state index contributed by atoms with van der Waals surface area (Å²) in [5.74, 6) is 0. The van der Waals surface area contributed by atoms with Crippen LogP contribution in [-0.4, -0.2) is 0 Å². The Morgan fingerprint density at radius 2 is 2.12 bits per heavy atom. The van der Waals surface area contributed by atoms with Crippen LogP contribution in [0, 0.1) is 11.3 Å². The van der Waals surface area contributed by atoms with E-state index in [0.29, 0.717) is 0 Å². The number of anilines is 1. The fraction of sp³-hybridized carbons (Fsp3) is 0.0833. The molecular formula is C12H8Br2N2S. The average molecular weight is 372 g/mol. The molecule has 1 heterocycles. The molecule has 0 aliphatic carbocycles. The zero-order valence-corrected chi connectivity index (χ0v) is 12.7. The lowest BCUT2D eigenvalue weighted by Gasteiger charge is -2.07. The van der Waals surface area contributed by atoms with E-state index in [1.54, 1.807) is 11.3 Å². The van der Waals surface area contributed by atoms with Crippen LogP contribution in [0.4, 0.5) is 5.69 Å². The molecule has 0 bridgehead atoms. The number of nitrogens with zero attached hydrogens (tertiary/aromatic N) is 1. The monoisotopic (exact) mass is 370 g/mol. The van der Waals surface area contributed by atoms with Crippen LogP contribution in [0.15, 0.2) is 38.6 Å². The van der Waals surface area contributed by atoms with Gasteiger partial charge in [-0.1, -0.05) is 15.9 Å². The first-order valence-corrected chi connectivity index (χ1v) is 7.32. The van der Waals surface area contributed by atoms with E-state index in [1.165, 1.54) is 0 Å². The highest BCUT2D eigenvalue weighted by molar-refractivity contribution is 9.11. The third-order valence-corrected chi connectivity index (χ3v) is 4.29. The summed E-state index contributed by atoms with van der Waals surface area (Å²) in [6, 6.07) is 10.0. The van der Waals surface area contributed by atoms with Crippen molar-refractivity contribution in [3.8, 4) is 6.07 Å². The minimum atomic E-state index is 0.722. The SMILES string of the molecule is N#Cc1csc(CNc2cc(Br)ccc2Br)c1. The van der Waals surface area contributed by atoms with Crippen molar-refractivity contribution in [2.75, 3.05) is 5.32 Å². The topological polar surface area (TPSA) is 35.8 Å². The van der Waals surface area contributed by atoms with Crippen molar-refractivity contribution >= 4 is 48.9 Å². The first-order valence-electron chi connectivity index (χ1n) is 4.85. The van der Waals surface area contributed by atoms with Crippen molar-refractivity contribution < 1.29 is 0 Å². The summed E-state index contributed by atoms with van der Waals surface area (Å²) >= 11 is 8.52. The number of hydrogen-bond donors (Lipinski definition) is 1. The molecule has 1 aromatic carbocycles. The molecule has 0 radical (unpaired) electrons. The van der Waals surface area contributed by atoms with Crippen molar-refractivity contribution in [3.63, 3.8) is 0 Å². The summed E-state index contributed by atoms with van der Waals surface area (Å²) in [6.07, 6.45) is 0. The highest BCUT2D eigenvalue weighted by Crippen LogP contribution is 2.27. The van der Waals surface area contributed by atoms with Crippen LogP contribution < -0.4 is 5.32 Å². The van der Waals surface area contributed by atoms with Gasteiger partial charge in [0.25, 0.3) is 0 Å². The molecule has 0 fully saturated rings. The second kappa shape index (κ2) is 5.67. The second-order valence-electron chi connectivity index (χ2n) is 3.39. The summed E-state index contributed by atoms with van der Waals surface area (Å²) in [7, 11) is 0. The van der Waals surface area contributed by atoms with Gasteiger partial charge in [-0.05, 0) is 40.2 Å². The number of nitrogens with one attached hydrogen (secondary N) is 1. The van der Waals surface area contributed by atoms with Crippen LogP contribution in [0.5, 0.6) is 0 Å². The Kier molecular flexibility index (Phi) is 4.21. The van der Waals surface area contributed by atoms with E-state index >= 15 is 0 Å². The van der Waals surface area contributed by atoms with Crippen LogP contribution in [0.2, 0.25) is 0 Å². The molecule has 0 amide bonds. The van der Waals surface area contributed by atoms with E-state index in [1.807, 2.05) is 29.6 Å². The minimum absolute atomic E-state index is 0.722. The summed E-state index contributed by atoms with van der Waals surface area (Å²) in [4.78, 5) is 1.15. The predicted molar refractivity (Wildman–Crippen MR) is 78.2 cm³/mol. The molecular weight excluding hydrogens is 364 g/mol. The molecule has 17 heavy (non-hydrogen) atoms. The molecule has 0 atom stereocenters. The molecule has 5 heteroatoms. The minimum Gasteiger partial charge on any atom is -0.379 e. The van der Waals surface area contributed by atoms with Crippen molar-refractivity contribution in [3.05, 3.63) is 49.0 Å². The van der Waals surface area contributed by atoms with Crippen LogP contribution in [-0.2, 0) is 6.54 Å². The summed E-state index contributed by atoms with van der Waals surface area (Å²) < 4.78 is 2.06. The Morgan fingerprint density at radius 1 is 1.29 bits per heavy atom. The Balaban J connectivity index is 2.07. The first-order chi connectivity index (χ1) is 8.19. The maximum absolute atomic E-state index is 8.74. The molecule has 2 nitrogen and oxygen atoms in total. The number of halogens is 2. The van der Waals surface area contributed by atoms with Crippen molar-refractivity contribution in [1.82, 2.24) is 0 Å². The lowest BCUT2D eigenvalue weighted by atomic mass is 10.3. The molecule has 0 saturated carbocycles. The van der Waals surface area contributed by atoms with Crippen molar-refractivity contribution in [2.45, 2.75) is 6.54 Å². The maximum Gasteiger partial charge on any atom is 0.100 e. The predicted octanol–water partition coefficient (Wildman–Crippen LogP) is 4.76. The largest absolute Gasteiger partial charge is 0.379 e. The fourth-order valence-corrected chi connectivity index (χ4v) is 2.84. The molecule has 1 aromatic heterocycles. The molecule has 0 aliphatic heterocycles. The number of rotatable bonds is 3. The van der Waals surface area contributed by atoms with Crippen LogP contribution in [0.3, 0.4) is 0 Å². The Morgan fingerprint density at radius 3 is 2.82 bits per heavy atom. The van der Waals surface area contributed by atoms with E-state index in [2.05, 4.69) is 43.2 Å². The number of benzene rings is 1. The molecule has 0 unspecified atom stereocenters. The van der Waals surface area contributed by atoms with Gasteiger partial charge in [-0.25, -0.2) is 0 Å². The lowest BCUT2D eigenvalue weighted by Crippen LogP contribution is -1.98. The number of thiophene rings is 1.